The molecule has 0 amide bonds. The second-order valence-electron chi connectivity index (χ2n) is 4.14. The van der Waals surface area contributed by atoms with E-state index in [0.29, 0.717) is 12.5 Å². The Labute approximate surface area is 86.1 Å². The summed E-state index contributed by atoms with van der Waals surface area (Å²) >= 11 is 0. The fraction of sp³-hybridized carbons (Fsp3) is 0.750. The Kier molecular flexibility index (Phi) is 5.24. The lowest BCUT2D eigenvalue weighted by atomic mass is 9.80. The van der Waals surface area contributed by atoms with E-state index >= 15 is 0 Å². The summed E-state index contributed by atoms with van der Waals surface area (Å²) < 4.78 is 0. The predicted octanol–water partition coefficient (Wildman–Crippen LogP) is 3.09. The van der Waals surface area contributed by atoms with Crippen LogP contribution in [0.5, 0.6) is 0 Å². The van der Waals surface area contributed by atoms with Crippen molar-refractivity contribution in [2.45, 2.75) is 39.0 Å². The molecule has 1 aliphatic rings. The summed E-state index contributed by atoms with van der Waals surface area (Å²) in [6.07, 6.45) is 12.3. The van der Waals surface area contributed by atoms with Crippen LogP contribution in [-0.4, -0.2) is 12.6 Å². The SMILES string of the molecule is C/C=C/CC1CCCC(CN=C=O)C1. The van der Waals surface area contributed by atoms with Crippen molar-refractivity contribution in [2.24, 2.45) is 16.8 Å². The minimum Gasteiger partial charge on any atom is -0.211 e. The van der Waals surface area contributed by atoms with E-state index in [1.807, 2.05) is 0 Å². The Hall–Kier alpha value is -0.880. The van der Waals surface area contributed by atoms with Gasteiger partial charge in [-0.1, -0.05) is 25.0 Å². The van der Waals surface area contributed by atoms with Crippen LogP contribution in [0.2, 0.25) is 0 Å². The van der Waals surface area contributed by atoms with Crippen molar-refractivity contribution >= 4 is 6.08 Å². The lowest BCUT2D eigenvalue weighted by Gasteiger charge is -2.26. The Balaban J connectivity index is 2.31. The quantitative estimate of drug-likeness (QED) is 0.383. The van der Waals surface area contributed by atoms with Gasteiger partial charge in [0.2, 0.25) is 6.08 Å². The maximum atomic E-state index is 10.00. The van der Waals surface area contributed by atoms with Gasteiger partial charge in [-0.15, -0.1) is 0 Å². The third-order valence-electron chi connectivity index (χ3n) is 3.01. The van der Waals surface area contributed by atoms with Gasteiger partial charge in [0.1, 0.15) is 0 Å². The average Bonchev–Trinajstić information content (AvgIpc) is 2.24. The normalized spacial score (nSPS) is 27.5. The molecule has 2 unspecified atom stereocenters. The van der Waals surface area contributed by atoms with Gasteiger partial charge in [-0.05, 0) is 38.0 Å². The van der Waals surface area contributed by atoms with Crippen molar-refractivity contribution in [3.8, 4) is 0 Å². The monoisotopic (exact) mass is 193 g/mol. The molecule has 0 radical (unpaired) electrons. The van der Waals surface area contributed by atoms with Gasteiger partial charge in [0.15, 0.2) is 0 Å². The molecule has 1 saturated carbocycles. The topological polar surface area (TPSA) is 29.4 Å². The zero-order chi connectivity index (χ0) is 10.2. The first kappa shape index (κ1) is 11.2. The highest BCUT2D eigenvalue weighted by Gasteiger charge is 2.20. The summed E-state index contributed by atoms with van der Waals surface area (Å²) in [6, 6.07) is 0. The fourth-order valence-electron chi connectivity index (χ4n) is 2.28. The first-order valence-electron chi connectivity index (χ1n) is 5.51. The predicted molar refractivity (Wildman–Crippen MR) is 57.9 cm³/mol. The van der Waals surface area contributed by atoms with E-state index in [0.717, 1.165) is 5.92 Å². The molecule has 2 nitrogen and oxygen atoms in total. The molecule has 0 aliphatic heterocycles. The molecule has 0 bridgehead atoms. The molecule has 0 aromatic rings. The van der Waals surface area contributed by atoms with E-state index < -0.39 is 0 Å². The maximum Gasteiger partial charge on any atom is 0.234 e. The Bertz CT molecular complexity index is 228. The van der Waals surface area contributed by atoms with E-state index in [1.54, 1.807) is 6.08 Å². The van der Waals surface area contributed by atoms with Crippen LogP contribution in [0.25, 0.3) is 0 Å². The molecule has 0 saturated heterocycles. The van der Waals surface area contributed by atoms with Crippen LogP contribution >= 0.6 is 0 Å². The molecule has 0 spiro atoms. The van der Waals surface area contributed by atoms with Crippen LogP contribution < -0.4 is 0 Å². The molecule has 0 heterocycles. The zero-order valence-corrected chi connectivity index (χ0v) is 8.91. The largest absolute Gasteiger partial charge is 0.234 e. The molecule has 0 aromatic carbocycles. The lowest BCUT2D eigenvalue weighted by Crippen LogP contribution is -2.17. The maximum absolute atomic E-state index is 10.00. The van der Waals surface area contributed by atoms with E-state index in [1.165, 1.54) is 32.1 Å². The smallest absolute Gasteiger partial charge is 0.211 e. The van der Waals surface area contributed by atoms with Crippen molar-refractivity contribution in [2.75, 3.05) is 6.54 Å². The number of aliphatic imine (C=N–C) groups is 1. The molecule has 0 aromatic heterocycles. The van der Waals surface area contributed by atoms with Gasteiger partial charge in [-0.25, -0.2) is 9.79 Å². The van der Waals surface area contributed by atoms with Gasteiger partial charge < -0.3 is 0 Å². The molecule has 2 heteroatoms. The lowest BCUT2D eigenvalue weighted by molar-refractivity contribution is 0.273. The summed E-state index contributed by atoms with van der Waals surface area (Å²) in [5.41, 5.74) is 0. The van der Waals surface area contributed by atoms with Crippen molar-refractivity contribution in [1.82, 2.24) is 0 Å². The second kappa shape index (κ2) is 6.56. The number of rotatable bonds is 4. The van der Waals surface area contributed by atoms with Gasteiger partial charge in [0.05, 0.1) is 6.54 Å². The number of hydrogen-bond acceptors (Lipinski definition) is 2. The number of allylic oxidation sites excluding steroid dienone is 2. The van der Waals surface area contributed by atoms with E-state index in [4.69, 9.17) is 0 Å². The van der Waals surface area contributed by atoms with E-state index in [9.17, 15) is 4.79 Å². The molecule has 2 atom stereocenters. The van der Waals surface area contributed by atoms with Crippen molar-refractivity contribution in [3.63, 3.8) is 0 Å². The number of nitrogens with zero attached hydrogens (tertiary/aromatic N) is 1. The van der Waals surface area contributed by atoms with Crippen LogP contribution in [0.1, 0.15) is 39.0 Å². The van der Waals surface area contributed by atoms with Crippen LogP contribution in [-0.2, 0) is 4.79 Å². The fourth-order valence-corrected chi connectivity index (χ4v) is 2.28. The minimum absolute atomic E-state index is 0.625. The van der Waals surface area contributed by atoms with Crippen molar-refractivity contribution < 1.29 is 4.79 Å². The third-order valence-corrected chi connectivity index (χ3v) is 3.01. The van der Waals surface area contributed by atoms with Gasteiger partial charge in [-0.2, -0.15) is 0 Å². The minimum atomic E-state index is 0.625. The highest BCUT2D eigenvalue weighted by Crippen LogP contribution is 2.31. The highest BCUT2D eigenvalue weighted by molar-refractivity contribution is 5.32. The third kappa shape index (κ3) is 3.89. The Morgan fingerprint density at radius 3 is 2.93 bits per heavy atom. The van der Waals surface area contributed by atoms with Crippen LogP contribution in [0.4, 0.5) is 0 Å². The van der Waals surface area contributed by atoms with E-state index in [2.05, 4.69) is 24.1 Å². The molecular weight excluding hydrogens is 174 g/mol. The van der Waals surface area contributed by atoms with Gasteiger partial charge in [-0.3, -0.25) is 0 Å². The summed E-state index contributed by atoms with van der Waals surface area (Å²) in [5.74, 6) is 1.44. The van der Waals surface area contributed by atoms with Crippen LogP contribution in [0, 0.1) is 11.8 Å². The first-order chi connectivity index (χ1) is 6.86. The average molecular weight is 193 g/mol. The Morgan fingerprint density at radius 2 is 2.21 bits per heavy atom. The van der Waals surface area contributed by atoms with Gasteiger partial charge in [0, 0.05) is 0 Å². The Morgan fingerprint density at radius 1 is 1.43 bits per heavy atom. The summed E-state index contributed by atoms with van der Waals surface area (Å²) in [7, 11) is 0. The van der Waals surface area contributed by atoms with Crippen molar-refractivity contribution in [3.05, 3.63) is 12.2 Å². The molecule has 1 fully saturated rings. The van der Waals surface area contributed by atoms with Gasteiger partial charge >= 0.3 is 0 Å². The van der Waals surface area contributed by atoms with Crippen LogP contribution in [0.3, 0.4) is 0 Å². The molecule has 1 rings (SSSR count). The molecular formula is C12H19NO. The first-order valence-corrected chi connectivity index (χ1v) is 5.51. The molecule has 1 aliphatic carbocycles. The number of isocyanates is 1. The molecule has 78 valence electrons. The summed E-state index contributed by atoms with van der Waals surface area (Å²) in [6.45, 7) is 2.76. The highest BCUT2D eigenvalue weighted by atomic mass is 16.1. The van der Waals surface area contributed by atoms with E-state index in [-0.39, 0.29) is 0 Å². The summed E-state index contributed by atoms with van der Waals surface area (Å²) in [4.78, 5) is 13.7. The summed E-state index contributed by atoms with van der Waals surface area (Å²) in [5, 5.41) is 0. The standard InChI is InChI=1S/C12H19NO/c1-2-3-5-11-6-4-7-12(8-11)9-13-10-14/h2-3,11-12H,4-9H2,1H3/b3-2+. The molecule has 0 N–H and O–H groups in total. The zero-order valence-electron chi connectivity index (χ0n) is 8.91. The second-order valence-corrected chi connectivity index (χ2v) is 4.14. The van der Waals surface area contributed by atoms with Crippen LogP contribution in [0.15, 0.2) is 17.1 Å². The number of carbonyl (C=O) groups excluding carboxylic acids is 1. The number of hydrogen-bond donors (Lipinski definition) is 0. The van der Waals surface area contributed by atoms with Gasteiger partial charge in [0.25, 0.3) is 0 Å². The molecule has 14 heavy (non-hydrogen) atoms. The van der Waals surface area contributed by atoms with Crippen molar-refractivity contribution in [1.29, 1.82) is 0 Å².